The Labute approximate surface area is 172 Å². The van der Waals surface area contributed by atoms with Gasteiger partial charge in [-0.25, -0.2) is 9.59 Å². The second kappa shape index (κ2) is 9.55. The Kier molecular flexibility index (Phi) is 7.36. The van der Waals surface area contributed by atoms with E-state index in [2.05, 4.69) is 0 Å². The third-order valence-corrected chi connectivity index (χ3v) is 4.71. The van der Waals surface area contributed by atoms with Crippen molar-refractivity contribution < 1.29 is 48.0 Å². The Hall–Kier alpha value is -3.17. The Bertz CT molecular complexity index is 835. The number of ketones is 1. The molecule has 0 aliphatic heterocycles. The second-order valence-electron chi connectivity index (χ2n) is 6.34. The van der Waals surface area contributed by atoms with Crippen LogP contribution in [0.25, 0.3) is 0 Å². The van der Waals surface area contributed by atoms with Crippen molar-refractivity contribution in [3.05, 3.63) is 22.5 Å². The zero-order valence-electron chi connectivity index (χ0n) is 17.2. The van der Waals surface area contributed by atoms with Crippen molar-refractivity contribution in [3.63, 3.8) is 0 Å². The third kappa shape index (κ3) is 3.81. The predicted octanol–water partition coefficient (Wildman–Crippen LogP) is 0.792. The van der Waals surface area contributed by atoms with Crippen LogP contribution in [-0.4, -0.2) is 61.2 Å². The summed E-state index contributed by atoms with van der Waals surface area (Å²) in [6.45, 7) is 5.83. The average Bonchev–Trinajstić information content (AvgIpc) is 3.11. The highest BCUT2D eigenvalue weighted by Crippen LogP contribution is 2.52. The molecule has 0 radical (unpaired) electrons. The van der Waals surface area contributed by atoms with E-state index >= 15 is 0 Å². The molecule has 2 rings (SSSR count). The van der Waals surface area contributed by atoms with Gasteiger partial charge in [0.2, 0.25) is 0 Å². The number of aliphatic hydroxyl groups is 1. The maximum atomic E-state index is 13.0. The zero-order valence-corrected chi connectivity index (χ0v) is 17.2. The van der Waals surface area contributed by atoms with Crippen LogP contribution in [0.2, 0.25) is 0 Å². The number of ether oxygens (including phenoxy) is 4. The van der Waals surface area contributed by atoms with E-state index < -0.39 is 64.3 Å². The van der Waals surface area contributed by atoms with Gasteiger partial charge in [0.15, 0.2) is 5.78 Å². The zero-order chi connectivity index (χ0) is 22.6. The number of aliphatic hydroxyl groups excluding tert-OH is 1. The lowest BCUT2D eigenvalue weighted by molar-refractivity contribution is -0.155. The molecule has 0 aromatic rings. The van der Waals surface area contributed by atoms with Gasteiger partial charge in [0.05, 0.1) is 26.4 Å². The summed E-state index contributed by atoms with van der Waals surface area (Å²) in [5.41, 5.74) is -1.35. The average molecular weight is 424 g/mol. The van der Waals surface area contributed by atoms with Crippen LogP contribution in [0.4, 0.5) is 0 Å². The minimum absolute atomic E-state index is 0.0497. The van der Waals surface area contributed by atoms with Crippen LogP contribution in [0.5, 0.6) is 0 Å². The van der Waals surface area contributed by atoms with E-state index in [0.717, 1.165) is 0 Å². The van der Waals surface area contributed by atoms with Crippen molar-refractivity contribution in [2.75, 3.05) is 26.4 Å². The first-order valence-electron chi connectivity index (χ1n) is 9.65. The highest BCUT2D eigenvalue weighted by molar-refractivity contribution is 6.27. The lowest BCUT2D eigenvalue weighted by Gasteiger charge is -2.21. The molecule has 0 bridgehead atoms. The summed E-state index contributed by atoms with van der Waals surface area (Å²) in [7, 11) is 0. The number of hydrogen-bond acceptors (Lipinski definition) is 10. The molecule has 30 heavy (non-hydrogen) atoms. The van der Waals surface area contributed by atoms with Gasteiger partial charge in [-0.1, -0.05) is 0 Å². The number of carbonyl (C=O) groups excluding carboxylic acids is 5. The van der Waals surface area contributed by atoms with Gasteiger partial charge in [0, 0.05) is 5.92 Å². The molecule has 0 fully saturated rings. The van der Waals surface area contributed by atoms with Crippen molar-refractivity contribution in [3.8, 4) is 0 Å². The lowest BCUT2D eigenvalue weighted by atomic mass is 9.83. The van der Waals surface area contributed by atoms with Crippen molar-refractivity contribution in [1.82, 2.24) is 0 Å². The molecule has 0 spiro atoms. The summed E-state index contributed by atoms with van der Waals surface area (Å²) in [6.07, 6.45) is 0. The molecule has 0 aromatic heterocycles. The molecule has 2 aliphatic rings. The molecule has 1 N–H and O–H groups in total. The third-order valence-electron chi connectivity index (χ3n) is 4.71. The van der Waals surface area contributed by atoms with Crippen molar-refractivity contribution in [2.45, 2.75) is 27.7 Å². The summed E-state index contributed by atoms with van der Waals surface area (Å²) in [5, 5.41) is 10.7. The lowest BCUT2D eigenvalue weighted by Crippen LogP contribution is -2.36. The molecular weight excluding hydrogens is 400 g/mol. The van der Waals surface area contributed by atoms with E-state index in [4.69, 9.17) is 18.9 Å². The number of esters is 4. The maximum absolute atomic E-state index is 13.0. The number of rotatable bonds is 8. The predicted molar refractivity (Wildman–Crippen MR) is 98.7 cm³/mol. The highest BCUT2D eigenvalue weighted by Gasteiger charge is 2.61. The van der Waals surface area contributed by atoms with Gasteiger partial charge < -0.3 is 24.1 Å². The van der Waals surface area contributed by atoms with Gasteiger partial charge in [-0.15, -0.1) is 0 Å². The van der Waals surface area contributed by atoms with Crippen LogP contribution in [0.15, 0.2) is 22.5 Å². The second-order valence-corrected chi connectivity index (χ2v) is 6.34. The maximum Gasteiger partial charge on any atom is 0.342 e. The van der Waals surface area contributed by atoms with Crippen molar-refractivity contribution in [2.24, 2.45) is 17.8 Å². The fourth-order valence-corrected chi connectivity index (χ4v) is 3.71. The number of fused-ring (bicyclic) bond motifs is 1. The molecule has 0 unspecified atom stereocenters. The molecular formula is C20H24O10. The van der Waals surface area contributed by atoms with Crippen LogP contribution < -0.4 is 0 Å². The van der Waals surface area contributed by atoms with Gasteiger partial charge in [-0.2, -0.15) is 0 Å². The Morgan fingerprint density at radius 1 is 0.733 bits per heavy atom. The normalized spacial score (nSPS) is 22.7. The Balaban J connectivity index is 2.76. The van der Waals surface area contributed by atoms with Gasteiger partial charge in [0.25, 0.3) is 0 Å². The summed E-state index contributed by atoms with van der Waals surface area (Å²) in [5.74, 6) is -10.3. The van der Waals surface area contributed by atoms with Gasteiger partial charge in [-0.3, -0.25) is 14.4 Å². The molecule has 0 heterocycles. The molecule has 10 nitrogen and oxygen atoms in total. The molecule has 0 saturated heterocycles. The fraction of sp³-hybridized carbons (Fsp3) is 0.550. The minimum Gasteiger partial charge on any atom is -0.510 e. The molecule has 2 aliphatic carbocycles. The molecule has 10 heteroatoms. The summed E-state index contributed by atoms with van der Waals surface area (Å²) in [4.78, 5) is 63.3. The van der Waals surface area contributed by atoms with E-state index in [1.165, 1.54) is 27.7 Å². The topological polar surface area (TPSA) is 142 Å². The van der Waals surface area contributed by atoms with Gasteiger partial charge >= 0.3 is 23.9 Å². The Morgan fingerprint density at radius 2 is 1.17 bits per heavy atom. The van der Waals surface area contributed by atoms with Gasteiger partial charge in [0.1, 0.15) is 28.7 Å². The Morgan fingerprint density at radius 3 is 1.63 bits per heavy atom. The molecule has 0 amide bonds. The van der Waals surface area contributed by atoms with Crippen LogP contribution in [0.3, 0.4) is 0 Å². The summed E-state index contributed by atoms with van der Waals surface area (Å²) >= 11 is 0. The van der Waals surface area contributed by atoms with Gasteiger partial charge in [-0.05, 0) is 33.3 Å². The number of Topliss-reactive ketones (excluding diaryl/α,β-unsaturated/α-hetero) is 1. The van der Waals surface area contributed by atoms with Crippen LogP contribution in [0, 0.1) is 17.8 Å². The van der Waals surface area contributed by atoms with E-state index in [0.29, 0.717) is 0 Å². The minimum atomic E-state index is -1.62. The first-order chi connectivity index (χ1) is 14.3. The first-order valence-corrected chi connectivity index (χ1v) is 9.65. The number of hydrogen-bond donors (Lipinski definition) is 1. The van der Waals surface area contributed by atoms with E-state index in [-0.39, 0.29) is 32.0 Å². The van der Waals surface area contributed by atoms with Crippen LogP contribution in [0.1, 0.15) is 27.7 Å². The first kappa shape index (κ1) is 23.1. The van der Waals surface area contributed by atoms with Crippen LogP contribution in [-0.2, 0) is 42.9 Å². The van der Waals surface area contributed by atoms with E-state index in [9.17, 15) is 29.1 Å². The van der Waals surface area contributed by atoms with Crippen molar-refractivity contribution >= 4 is 29.7 Å². The SMILES string of the molecule is CCOC(=O)C1=C(O)[C@@H](C(=O)OCC)[C@@H]2C1=C(C(=O)OCC)C(=O)[C@H]2C(=O)OCC. The largest absolute Gasteiger partial charge is 0.510 e. The smallest absolute Gasteiger partial charge is 0.342 e. The summed E-state index contributed by atoms with van der Waals surface area (Å²) in [6, 6.07) is 0. The van der Waals surface area contributed by atoms with Crippen molar-refractivity contribution in [1.29, 1.82) is 0 Å². The molecule has 3 atom stereocenters. The summed E-state index contributed by atoms with van der Waals surface area (Å²) < 4.78 is 19.8. The molecule has 0 aromatic carbocycles. The fourth-order valence-electron chi connectivity index (χ4n) is 3.71. The van der Waals surface area contributed by atoms with Crippen LogP contribution >= 0.6 is 0 Å². The highest BCUT2D eigenvalue weighted by atomic mass is 16.5. The number of carbonyl (C=O) groups is 5. The standard InChI is InChI=1S/C20H24O10/c1-5-27-17(23)11-9-10(13(15(11)21)19(25)29-7-3)14(20(26)30-8-4)16(22)12(9)18(24)28-6-2/h9,11-12,21H,5-8H2,1-4H3/t9-,11-,12-/m0/s1. The monoisotopic (exact) mass is 424 g/mol. The van der Waals surface area contributed by atoms with E-state index in [1.807, 2.05) is 0 Å². The quantitative estimate of drug-likeness (QED) is 0.257. The molecule has 0 saturated carbocycles. The molecule has 164 valence electrons. The van der Waals surface area contributed by atoms with E-state index in [1.54, 1.807) is 0 Å².